The molecule has 0 aromatic rings. The van der Waals surface area contributed by atoms with Crippen LogP contribution >= 0.6 is 0 Å². The number of hydrogen-bond donors (Lipinski definition) is 2. The Bertz CT molecular complexity index is 216. The maximum Gasteiger partial charge on any atom is 0.234 e. The van der Waals surface area contributed by atoms with Crippen molar-refractivity contribution < 1.29 is 9.53 Å². The van der Waals surface area contributed by atoms with E-state index in [1.807, 2.05) is 0 Å². The molecule has 5 heteroatoms. The molecule has 0 bridgehead atoms. The molecule has 0 aromatic heterocycles. The van der Waals surface area contributed by atoms with Gasteiger partial charge in [0.1, 0.15) is 0 Å². The molecule has 0 aromatic carbocycles. The van der Waals surface area contributed by atoms with Gasteiger partial charge in [0.05, 0.1) is 13.2 Å². The van der Waals surface area contributed by atoms with Crippen LogP contribution in [0.1, 0.15) is 13.8 Å². The van der Waals surface area contributed by atoms with Crippen molar-refractivity contribution in [3.8, 4) is 0 Å². The molecule has 17 heavy (non-hydrogen) atoms. The van der Waals surface area contributed by atoms with Crippen molar-refractivity contribution in [3.05, 3.63) is 0 Å². The predicted octanol–water partition coefficient (Wildman–Crippen LogP) is -0.320. The number of ether oxygens (including phenoxy) is 1. The largest absolute Gasteiger partial charge is 0.379 e. The molecule has 100 valence electrons. The molecule has 0 unspecified atom stereocenters. The lowest BCUT2D eigenvalue weighted by Crippen LogP contribution is -2.47. The molecule has 1 saturated heterocycles. The highest BCUT2D eigenvalue weighted by Gasteiger charge is 2.12. The van der Waals surface area contributed by atoms with E-state index in [0.29, 0.717) is 25.6 Å². The minimum atomic E-state index is 0.0973. The zero-order valence-corrected chi connectivity index (χ0v) is 11.0. The number of rotatable bonds is 7. The Labute approximate surface area is 104 Å². The van der Waals surface area contributed by atoms with Crippen LogP contribution in [0.25, 0.3) is 0 Å². The Morgan fingerprint density at radius 3 is 2.76 bits per heavy atom. The minimum absolute atomic E-state index is 0.0973. The second kappa shape index (κ2) is 8.44. The highest BCUT2D eigenvalue weighted by molar-refractivity contribution is 5.77. The lowest BCUT2D eigenvalue weighted by molar-refractivity contribution is -0.122. The Balaban J connectivity index is 1.97. The van der Waals surface area contributed by atoms with Crippen LogP contribution in [0, 0.1) is 5.92 Å². The summed E-state index contributed by atoms with van der Waals surface area (Å²) in [4.78, 5) is 13.7. The first-order valence-electron chi connectivity index (χ1n) is 6.46. The van der Waals surface area contributed by atoms with E-state index in [-0.39, 0.29) is 5.91 Å². The fourth-order valence-corrected chi connectivity index (χ4v) is 1.71. The molecular weight excluding hydrogens is 218 g/mol. The molecular formula is C12H25N3O2. The first-order valence-corrected chi connectivity index (χ1v) is 6.46. The third-order valence-electron chi connectivity index (χ3n) is 2.60. The number of piperazine rings is 1. The molecule has 1 fully saturated rings. The maximum atomic E-state index is 11.6. The Kier molecular flexibility index (Phi) is 7.16. The van der Waals surface area contributed by atoms with Crippen LogP contribution in [0.5, 0.6) is 0 Å². The van der Waals surface area contributed by atoms with Crippen molar-refractivity contribution >= 4 is 5.91 Å². The second-order valence-corrected chi connectivity index (χ2v) is 4.84. The van der Waals surface area contributed by atoms with Gasteiger partial charge in [0, 0.05) is 39.3 Å². The monoisotopic (exact) mass is 243 g/mol. The van der Waals surface area contributed by atoms with Crippen molar-refractivity contribution in [2.45, 2.75) is 13.8 Å². The summed E-state index contributed by atoms with van der Waals surface area (Å²) in [5.41, 5.74) is 0. The summed E-state index contributed by atoms with van der Waals surface area (Å²) < 4.78 is 5.40. The van der Waals surface area contributed by atoms with Crippen LogP contribution in [-0.4, -0.2) is 63.3 Å². The molecule has 0 radical (unpaired) electrons. The molecule has 0 saturated carbocycles. The Morgan fingerprint density at radius 2 is 2.12 bits per heavy atom. The molecule has 1 heterocycles. The van der Waals surface area contributed by atoms with Gasteiger partial charge in [-0.1, -0.05) is 13.8 Å². The highest BCUT2D eigenvalue weighted by atomic mass is 16.5. The van der Waals surface area contributed by atoms with E-state index in [0.717, 1.165) is 32.8 Å². The normalized spacial score (nSPS) is 17.4. The zero-order valence-electron chi connectivity index (χ0n) is 11.0. The zero-order chi connectivity index (χ0) is 12.5. The van der Waals surface area contributed by atoms with Crippen LogP contribution in [0.2, 0.25) is 0 Å². The van der Waals surface area contributed by atoms with Gasteiger partial charge in [-0.3, -0.25) is 9.69 Å². The molecule has 0 atom stereocenters. The standard InChI is InChI=1S/C12H25N3O2/c1-11(2)10-17-8-5-14-12(16)9-15-6-3-13-4-7-15/h11,13H,3-10H2,1-2H3,(H,14,16). The first kappa shape index (κ1) is 14.4. The highest BCUT2D eigenvalue weighted by Crippen LogP contribution is 1.92. The number of nitrogens with one attached hydrogen (secondary N) is 2. The average molecular weight is 243 g/mol. The van der Waals surface area contributed by atoms with Crippen LogP contribution < -0.4 is 10.6 Å². The Morgan fingerprint density at radius 1 is 1.41 bits per heavy atom. The molecule has 2 N–H and O–H groups in total. The number of carbonyl (C=O) groups is 1. The van der Waals surface area contributed by atoms with E-state index in [4.69, 9.17) is 4.74 Å². The summed E-state index contributed by atoms with van der Waals surface area (Å²) >= 11 is 0. The average Bonchev–Trinajstić information content (AvgIpc) is 2.29. The summed E-state index contributed by atoms with van der Waals surface area (Å²) in [6.07, 6.45) is 0. The fourth-order valence-electron chi connectivity index (χ4n) is 1.71. The van der Waals surface area contributed by atoms with Crippen molar-refractivity contribution in [2.24, 2.45) is 5.92 Å². The maximum absolute atomic E-state index is 11.6. The number of hydrogen-bond acceptors (Lipinski definition) is 4. The fraction of sp³-hybridized carbons (Fsp3) is 0.917. The van der Waals surface area contributed by atoms with E-state index < -0.39 is 0 Å². The van der Waals surface area contributed by atoms with Crippen molar-refractivity contribution in [1.82, 2.24) is 15.5 Å². The van der Waals surface area contributed by atoms with Crippen molar-refractivity contribution in [1.29, 1.82) is 0 Å². The van der Waals surface area contributed by atoms with Crippen molar-refractivity contribution in [2.75, 3.05) is 52.5 Å². The van der Waals surface area contributed by atoms with Gasteiger partial charge in [0.2, 0.25) is 5.91 Å². The van der Waals surface area contributed by atoms with Crippen LogP contribution in [0.4, 0.5) is 0 Å². The topological polar surface area (TPSA) is 53.6 Å². The predicted molar refractivity (Wildman–Crippen MR) is 68.0 cm³/mol. The van der Waals surface area contributed by atoms with Gasteiger partial charge in [0.15, 0.2) is 0 Å². The van der Waals surface area contributed by atoms with Crippen molar-refractivity contribution in [3.63, 3.8) is 0 Å². The third-order valence-corrected chi connectivity index (χ3v) is 2.60. The first-order chi connectivity index (χ1) is 8.18. The van der Waals surface area contributed by atoms with E-state index in [2.05, 4.69) is 29.4 Å². The summed E-state index contributed by atoms with van der Waals surface area (Å²) in [5, 5.41) is 6.14. The lowest BCUT2D eigenvalue weighted by Gasteiger charge is -2.26. The van der Waals surface area contributed by atoms with Gasteiger partial charge in [0.25, 0.3) is 0 Å². The second-order valence-electron chi connectivity index (χ2n) is 4.84. The number of amides is 1. The van der Waals surface area contributed by atoms with Gasteiger partial charge in [-0.15, -0.1) is 0 Å². The van der Waals surface area contributed by atoms with Gasteiger partial charge in [-0.05, 0) is 5.92 Å². The molecule has 5 nitrogen and oxygen atoms in total. The van der Waals surface area contributed by atoms with Gasteiger partial charge < -0.3 is 15.4 Å². The molecule has 0 aliphatic carbocycles. The van der Waals surface area contributed by atoms with Crippen LogP contribution in [-0.2, 0) is 9.53 Å². The summed E-state index contributed by atoms with van der Waals surface area (Å²) in [6.45, 7) is 10.6. The van der Waals surface area contributed by atoms with E-state index >= 15 is 0 Å². The summed E-state index contributed by atoms with van der Waals surface area (Å²) in [5.74, 6) is 0.645. The van der Waals surface area contributed by atoms with Gasteiger partial charge in [-0.2, -0.15) is 0 Å². The molecule has 1 aliphatic rings. The van der Waals surface area contributed by atoms with Gasteiger partial charge >= 0.3 is 0 Å². The SMILES string of the molecule is CC(C)COCCNC(=O)CN1CCNCC1. The quantitative estimate of drug-likeness (QED) is 0.602. The smallest absolute Gasteiger partial charge is 0.234 e. The summed E-state index contributed by atoms with van der Waals surface area (Å²) in [7, 11) is 0. The molecule has 0 spiro atoms. The molecule has 1 rings (SSSR count). The summed E-state index contributed by atoms with van der Waals surface area (Å²) in [6, 6.07) is 0. The molecule has 1 aliphatic heterocycles. The van der Waals surface area contributed by atoms with E-state index in [9.17, 15) is 4.79 Å². The van der Waals surface area contributed by atoms with E-state index in [1.54, 1.807) is 0 Å². The van der Waals surface area contributed by atoms with Crippen LogP contribution in [0.15, 0.2) is 0 Å². The number of carbonyl (C=O) groups excluding carboxylic acids is 1. The third kappa shape index (κ3) is 7.31. The van der Waals surface area contributed by atoms with Gasteiger partial charge in [-0.25, -0.2) is 0 Å². The Hall–Kier alpha value is -0.650. The van der Waals surface area contributed by atoms with E-state index in [1.165, 1.54) is 0 Å². The van der Waals surface area contributed by atoms with Crippen LogP contribution in [0.3, 0.4) is 0 Å². The number of nitrogens with zero attached hydrogens (tertiary/aromatic N) is 1. The lowest BCUT2D eigenvalue weighted by atomic mass is 10.2. The minimum Gasteiger partial charge on any atom is -0.379 e. The molecule has 1 amide bonds.